The van der Waals surface area contributed by atoms with Crippen molar-refractivity contribution in [3.8, 4) is 0 Å². The third-order valence-electron chi connectivity index (χ3n) is 3.82. The van der Waals surface area contributed by atoms with Gasteiger partial charge in [0, 0.05) is 0 Å². The van der Waals surface area contributed by atoms with Crippen molar-refractivity contribution in [2.75, 3.05) is 0 Å². The lowest BCUT2D eigenvalue weighted by molar-refractivity contribution is -0.137. The van der Waals surface area contributed by atoms with Gasteiger partial charge in [0.05, 0.1) is 5.92 Å². The van der Waals surface area contributed by atoms with Crippen molar-refractivity contribution in [1.29, 1.82) is 0 Å². The van der Waals surface area contributed by atoms with E-state index in [1.165, 1.54) is 0 Å². The highest BCUT2D eigenvalue weighted by atomic mass is 32.2. The van der Waals surface area contributed by atoms with E-state index in [4.69, 9.17) is 4.55 Å². The van der Waals surface area contributed by atoms with Crippen molar-refractivity contribution in [1.82, 2.24) is 0 Å². The quantitative estimate of drug-likeness (QED) is 0.636. The van der Waals surface area contributed by atoms with Crippen LogP contribution in [0.5, 0.6) is 0 Å². The number of rotatable bonds is 3. The molecule has 17 heavy (non-hydrogen) atoms. The summed E-state index contributed by atoms with van der Waals surface area (Å²) in [5.41, 5.74) is -5.96. The van der Waals surface area contributed by atoms with Crippen LogP contribution in [0.25, 0.3) is 0 Å². The zero-order chi connectivity index (χ0) is 13.1. The van der Waals surface area contributed by atoms with Crippen molar-refractivity contribution >= 4 is 10.1 Å². The average Bonchev–Trinajstić information content (AvgIpc) is 2.69. The maximum Gasteiger partial charge on any atom is 0.303 e. The van der Waals surface area contributed by atoms with Crippen LogP contribution in [0.2, 0.25) is 0 Å². The first-order chi connectivity index (χ1) is 7.57. The molecular formula is C9H12F4O3S. The maximum atomic E-state index is 14.1. The monoisotopic (exact) mass is 276 g/mol. The van der Waals surface area contributed by atoms with Crippen molar-refractivity contribution < 1.29 is 30.5 Å². The van der Waals surface area contributed by atoms with E-state index < -0.39 is 33.1 Å². The Hall–Kier alpha value is -0.370. The van der Waals surface area contributed by atoms with Gasteiger partial charge < -0.3 is 0 Å². The van der Waals surface area contributed by atoms with Crippen LogP contribution in [0.15, 0.2) is 0 Å². The summed E-state index contributed by atoms with van der Waals surface area (Å²) in [6.07, 6.45) is 0.0485. The number of fused-ring (bicyclic) bond motifs is 2. The van der Waals surface area contributed by atoms with Gasteiger partial charge in [0.25, 0.3) is 5.50 Å². The fraction of sp³-hybridized carbons (Fsp3) is 1.00. The third kappa shape index (κ3) is 1.95. The van der Waals surface area contributed by atoms with Gasteiger partial charge in [-0.2, -0.15) is 8.42 Å². The highest BCUT2D eigenvalue weighted by Gasteiger charge is 2.66. The molecule has 0 aromatic heterocycles. The maximum absolute atomic E-state index is 14.1. The standard InChI is InChI=1S/C9H12F4O3S/c10-7(17(14,15)16)9(12,13)6-3-5-1-2-8(6,11)4-5/h5-7H,1-4H2,(H,14,15,16). The summed E-state index contributed by atoms with van der Waals surface area (Å²) in [6.45, 7) is 0. The Morgan fingerprint density at radius 3 is 2.35 bits per heavy atom. The predicted molar refractivity (Wildman–Crippen MR) is 50.7 cm³/mol. The van der Waals surface area contributed by atoms with Gasteiger partial charge >= 0.3 is 16.0 Å². The zero-order valence-corrected chi connectivity index (χ0v) is 9.56. The molecule has 2 rings (SSSR count). The molecule has 2 fully saturated rings. The van der Waals surface area contributed by atoms with Crippen molar-refractivity contribution in [3.63, 3.8) is 0 Å². The summed E-state index contributed by atoms with van der Waals surface area (Å²) in [7, 11) is -5.52. The molecule has 0 aromatic carbocycles. The SMILES string of the molecule is O=S(=O)(O)C(F)C(F)(F)C1CC2CCC1(F)C2. The number of alkyl halides is 4. The van der Waals surface area contributed by atoms with Gasteiger partial charge in [0.1, 0.15) is 5.67 Å². The van der Waals surface area contributed by atoms with E-state index in [1.54, 1.807) is 0 Å². The molecule has 4 unspecified atom stereocenters. The minimum absolute atomic E-state index is 0.0779. The van der Waals surface area contributed by atoms with E-state index in [0.717, 1.165) is 0 Å². The van der Waals surface area contributed by atoms with Crippen LogP contribution in [-0.2, 0) is 10.1 Å². The van der Waals surface area contributed by atoms with Crippen molar-refractivity contribution in [2.45, 2.75) is 42.8 Å². The molecule has 3 nitrogen and oxygen atoms in total. The first-order valence-corrected chi connectivity index (χ1v) is 6.75. The summed E-state index contributed by atoms with van der Waals surface area (Å²) >= 11 is 0. The lowest BCUT2D eigenvalue weighted by Gasteiger charge is -2.34. The molecule has 8 heteroatoms. The Morgan fingerprint density at radius 2 is 2.00 bits per heavy atom. The summed E-state index contributed by atoms with van der Waals surface area (Å²) in [5.74, 6) is -6.60. The lowest BCUT2D eigenvalue weighted by atomic mass is 9.82. The minimum atomic E-state index is -5.52. The highest BCUT2D eigenvalue weighted by Crippen LogP contribution is 2.59. The van der Waals surface area contributed by atoms with Gasteiger partial charge in [-0.15, -0.1) is 0 Å². The van der Waals surface area contributed by atoms with Gasteiger partial charge in [-0.05, 0) is 31.6 Å². The van der Waals surface area contributed by atoms with Crippen LogP contribution < -0.4 is 0 Å². The molecular weight excluding hydrogens is 264 g/mol. The largest absolute Gasteiger partial charge is 0.303 e. The summed E-state index contributed by atoms with van der Waals surface area (Å²) in [5, 5.41) is 0. The molecule has 2 aliphatic carbocycles. The lowest BCUT2D eigenvalue weighted by Crippen LogP contribution is -2.49. The van der Waals surface area contributed by atoms with Gasteiger partial charge in [-0.25, -0.2) is 17.6 Å². The van der Waals surface area contributed by atoms with Crippen LogP contribution in [0, 0.1) is 11.8 Å². The molecule has 1 N–H and O–H groups in total. The molecule has 100 valence electrons. The topological polar surface area (TPSA) is 54.4 Å². The fourth-order valence-electron chi connectivity index (χ4n) is 3.05. The molecule has 2 bridgehead atoms. The van der Waals surface area contributed by atoms with Crippen LogP contribution in [0.1, 0.15) is 25.7 Å². The molecule has 0 heterocycles. The van der Waals surface area contributed by atoms with Gasteiger partial charge in [-0.1, -0.05) is 0 Å². The predicted octanol–water partition coefficient (Wildman–Crippen LogP) is 2.33. The molecule has 0 amide bonds. The first kappa shape index (κ1) is 13.1. The Bertz CT molecular complexity index is 424. The fourth-order valence-corrected chi connectivity index (χ4v) is 3.61. The summed E-state index contributed by atoms with van der Waals surface area (Å²) in [4.78, 5) is 0. The third-order valence-corrected chi connectivity index (χ3v) is 4.66. The molecule has 0 saturated heterocycles. The normalized spacial score (nSPS) is 39.6. The smallest absolute Gasteiger partial charge is 0.283 e. The molecule has 0 aromatic rings. The van der Waals surface area contributed by atoms with Crippen molar-refractivity contribution in [2.24, 2.45) is 11.8 Å². The Morgan fingerprint density at radius 1 is 1.41 bits per heavy atom. The minimum Gasteiger partial charge on any atom is -0.283 e. The first-order valence-electron chi connectivity index (χ1n) is 5.24. The Labute approximate surface area is 95.9 Å². The van der Waals surface area contributed by atoms with Gasteiger partial charge in [0.15, 0.2) is 0 Å². The molecule has 2 saturated carbocycles. The Balaban J connectivity index is 2.28. The average molecular weight is 276 g/mol. The van der Waals surface area contributed by atoms with Crippen LogP contribution in [-0.4, -0.2) is 30.1 Å². The zero-order valence-electron chi connectivity index (χ0n) is 8.74. The molecule has 0 spiro atoms. The van der Waals surface area contributed by atoms with Gasteiger partial charge in [0.2, 0.25) is 0 Å². The highest BCUT2D eigenvalue weighted by molar-refractivity contribution is 7.86. The van der Waals surface area contributed by atoms with Crippen molar-refractivity contribution in [3.05, 3.63) is 0 Å². The second-order valence-corrected chi connectivity index (χ2v) is 6.38. The molecule has 2 aliphatic rings. The van der Waals surface area contributed by atoms with E-state index in [2.05, 4.69) is 0 Å². The van der Waals surface area contributed by atoms with Gasteiger partial charge in [-0.3, -0.25) is 4.55 Å². The van der Waals surface area contributed by atoms with E-state index >= 15 is 0 Å². The van der Waals surface area contributed by atoms with E-state index in [0.29, 0.717) is 6.42 Å². The molecule has 4 atom stereocenters. The van der Waals surface area contributed by atoms with Crippen LogP contribution in [0.4, 0.5) is 17.6 Å². The second-order valence-electron chi connectivity index (χ2n) is 4.94. The van der Waals surface area contributed by atoms with Crippen LogP contribution in [0.3, 0.4) is 0 Å². The van der Waals surface area contributed by atoms with E-state index in [-0.39, 0.29) is 25.2 Å². The Kier molecular flexibility index (Phi) is 2.74. The van der Waals surface area contributed by atoms with Crippen LogP contribution >= 0.6 is 0 Å². The summed E-state index contributed by atoms with van der Waals surface area (Å²) < 4.78 is 83.5. The molecule has 0 radical (unpaired) electrons. The second kappa shape index (κ2) is 3.57. The molecule has 0 aliphatic heterocycles. The number of hydrogen-bond donors (Lipinski definition) is 1. The van der Waals surface area contributed by atoms with E-state index in [1.807, 2.05) is 0 Å². The number of halogens is 4. The number of hydrogen-bond acceptors (Lipinski definition) is 2. The van der Waals surface area contributed by atoms with E-state index in [9.17, 15) is 26.0 Å². The summed E-state index contributed by atoms with van der Waals surface area (Å²) in [6, 6.07) is 0.